The van der Waals surface area contributed by atoms with Crippen LogP contribution in [0.2, 0.25) is 0 Å². The van der Waals surface area contributed by atoms with Gasteiger partial charge in [-0.2, -0.15) is 0 Å². The summed E-state index contributed by atoms with van der Waals surface area (Å²) in [6.07, 6.45) is 1.60. The molecule has 3 heterocycles. The lowest BCUT2D eigenvalue weighted by molar-refractivity contribution is 0.577. The molecule has 0 atom stereocenters. The van der Waals surface area contributed by atoms with Gasteiger partial charge in [0.05, 0.1) is 19.4 Å². The molecule has 0 bridgehead atoms. The van der Waals surface area contributed by atoms with Gasteiger partial charge in [0.1, 0.15) is 5.82 Å². The van der Waals surface area contributed by atoms with Crippen LogP contribution in [-0.4, -0.2) is 28.2 Å². The third-order valence-electron chi connectivity index (χ3n) is 3.15. The summed E-state index contributed by atoms with van der Waals surface area (Å²) in [4.78, 5) is 11.1. The van der Waals surface area contributed by atoms with E-state index >= 15 is 0 Å². The second-order valence-electron chi connectivity index (χ2n) is 4.87. The van der Waals surface area contributed by atoms with Crippen molar-refractivity contribution in [2.24, 2.45) is 4.99 Å². The molecule has 0 unspecified atom stereocenters. The van der Waals surface area contributed by atoms with Gasteiger partial charge in [-0.1, -0.05) is 0 Å². The molecule has 0 fully saturated rings. The highest BCUT2D eigenvalue weighted by atomic mass is 32.1. The van der Waals surface area contributed by atoms with Gasteiger partial charge < -0.3 is 15.1 Å². The first-order valence-electron chi connectivity index (χ1n) is 7.19. The first-order valence-corrected chi connectivity index (χ1v) is 8.01. The lowest BCUT2D eigenvalue weighted by Crippen LogP contribution is -2.36. The Labute approximate surface area is 137 Å². The molecule has 3 N–H and O–H groups in total. The first kappa shape index (κ1) is 15.3. The number of aryl methyl sites for hydroxylation is 1. The Balaban J connectivity index is 1.52. The number of furan rings is 1. The van der Waals surface area contributed by atoms with Crippen LogP contribution >= 0.6 is 11.3 Å². The number of nitrogens with one attached hydrogen (secondary N) is 3. The monoisotopic (exact) mass is 330 g/mol. The van der Waals surface area contributed by atoms with E-state index in [-0.39, 0.29) is 0 Å². The fraction of sp³-hybridized carbons (Fsp3) is 0.267. The summed E-state index contributed by atoms with van der Waals surface area (Å²) in [6, 6.07) is 7.86. The predicted molar refractivity (Wildman–Crippen MR) is 90.2 cm³/mol. The minimum atomic E-state index is 0.497. The highest BCUT2D eigenvalue weighted by molar-refractivity contribution is 7.11. The van der Waals surface area contributed by atoms with Crippen molar-refractivity contribution < 1.29 is 4.42 Å². The summed E-state index contributed by atoms with van der Waals surface area (Å²) in [7, 11) is 1.74. The van der Waals surface area contributed by atoms with Gasteiger partial charge in [0.15, 0.2) is 11.7 Å². The second-order valence-corrected chi connectivity index (χ2v) is 6.25. The number of guanidine groups is 1. The van der Waals surface area contributed by atoms with Gasteiger partial charge in [0.2, 0.25) is 5.82 Å². The molecule has 0 spiro atoms. The number of hydrogen-bond donors (Lipinski definition) is 3. The molecule has 3 rings (SSSR count). The zero-order valence-corrected chi connectivity index (χ0v) is 13.8. The SMILES string of the molecule is CN=C(NCc1nc(-c2ccco2)n[nH]1)NCc1ccc(C)s1. The zero-order chi connectivity index (χ0) is 16.1. The predicted octanol–water partition coefficient (Wildman–Crippen LogP) is 2.30. The molecule has 0 saturated heterocycles. The van der Waals surface area contributed by atoms with Crippen LogP contribution in [0.4, 0.5) is 0 Å². The minimum absolute atomic E-state index is 0.497. The van der Waals surface area contributed by atoms with E-state index in [0.29, 0.717) is 29.9 Å². The Kier molecular flexibility index (Phi) is 4.72. The average molecular weight is 330 g/mol. The lowest BCUT2D eigenvalue weighted by Gasteiger charge is -2.09. The summed E-state index contributed by atoms with van der Waals surface area (Å²) < 4.78 is 5.27. The quantitative estimate of drug-likeness (QED) is 0.493. The number of aromatic nitrogens is 3. The Bertz CT molecular complexity index is 774. The van der Waals surface area contributed by atoms with Gasteiger partial charge >= 0.3 is 0 Å². The van der Waals surface area contributed by atoms with Gasteiger partial charge in [0.25, 0.3) is 0 Å². The number of H-pyrrole nitrogens is 1. The van der Waals surface area contributed by atoms with Crippen LogP contribution in [0.5, 0.6) is 0 Å². The number of hydrogen-bond acceptors (Lipinski definition) is 5. The number of rotatable bonds is 5. The van der Waals surface area contributed by atoms with E-state index in [4.69, 9.17) is 4.42 Å². The molecule has 120 valence electrons. The van der Waals surface area contributed by atoms with Gasteiger partial charge in [0, 0.05) is 16.8 Å². The summed E-state index contributed by atoms with van der Waals surface area (Å²) >= 11 is 1.77. The van der Waals surface area contributed by atoms with E-state index in [1.165, 1.54) is 9.75 Å². The molecule has 3 aromatic rings. The van der Waals surface area contributed by atoms with Crippen molar-refractivity contribution in [2.45, 2.75) is 20.0 Å². The number of aromatic amines is 1. The molecule has 0 aliphatic heterocycles. The van der Waals surface area contributed by atoms with Crippen molar-refractivity contribution in [3.63, 3.8) is 0 Å². The van der Waals surface area contributed by atoms with Crippen molar-refractivity contribution in [3.05, 3.63) is 46.1 Å². The Morgan fingerprint density at radius 1 is 1.30 bits per heavy atom. The van der Waals surface area contributed by atoms with Gasteiger partial charge in [-0.25, -0.2) is 4.98 Å². The maximum atomic E-state index is 5.27. The van der Waals surface area contributed by atoms with Crippen molar-refractivity contribution in [3.8, 4) is 11.6 Å². The van der Waals surface area contributed by atoms with E-state index in [1.54, 1.807) is 24.6 Å². The molecule has 3 aromatic heterocycles. The molecular weight excluding hydrogens is 312 g/mol. The molecule has 0 saturated carbocycles. The normalized spacial score (nSPS) is 11.7. The smallest absolute Gasteiger partial charge is 0.216 e. The highest BCUT2D eigenvalue weighted by Crippen LogP contribution is 2.15. The van der Waals surface area contributed by atoms with Crippen LogP contribution in [0, 0.1) is 6.92 Å². The Morgan fingerprint density at radius 3 is 2.87 bits per heavy atom. The lowest BCUT2D eigenvalue weighted by atomic mass is 10.4. The maximum Gasteiger partial charge on any atom is 0.216 e. The van der Waals surface area contributed by atoms with Crippen molar-refractivity contribution in [1.29, 1.82) is 0 Å². The first-order chi connectivity index (χ1) is 11.2. The van der Waals surface area contributed by atoms with Crippen LogP contribution in [0.1, 0.15) is 15.6 Å². The average Bonchev–Trinajstić information content (AvgIpc) is 3.28. The molecule has 8 heteroatoms. The van der Waals surface area contributed by atoms with Crippen molar-refractivity contribution >= 4 is 17.3 Å². The van der Waals surface area contributed by atoms with Crippen LogP contribution in [0.15, 0.2) is 39.9 Å². The molecule has 0 radical (unpaired) electrons. The third kappa shape index (κ3) is 3.98. The van der Waals surface area contributed by atoms with Crippen LogP contribution in [-0.2, 0) is 13.1 Å². The van der Waals surface area contributed by atoms with E-state index in [9.17, 15) is 0 Å². The highest BCUT2D eigenvalue weighted by Gasteiger charge is 2.08. The largest absolute Gasteiger partial charge is 0.461 e. The summed E-state index contributed by atoms with van der Waals surface area (Å²) in [5, 5.41) is 13.5. The standard InChI is InChI=1S/C15H18N6OS/c1-10-5-6-11(23-10)8-17-15(16-2)18-9-13-19-14(21-20-13)12-4-3-7-22-12/h3-7H,8-9H2,1-2H3,(H2,16,17,18)(H,19,20,21). The van der Waals surface area contributed by atoms with Crippen molar-refractivity contribution in [2.75, 3.05) is 7.05 Å². The number of thiophene rings is 1. The minimum Gasteiger partial charge on any atom is -0.461 e. The van der Waals surface area contributed by atoms with E-state index in [2.05, 4.69) is 49.9 Å². The van der Waals surface area contributed by atoms with Gasteiger partial charge in [-0.05, 0) is 31.2 Å². The molecule has 7 nitrogen and oxygen atoms in total. The summed E-state index contributed by atoms with van der Waals surface area (Å²) in [5.41, 5.74) is 0. The molecule has 23 heavy (non-hydrogen) atoms. The number of nitrogens with zero attached hydrogens (tertiary/aromatic N) is 3. The Morgan fingerprint density at radius 2 is 2.17 bits per heavy atom. The van der Waals surface area contributed by atoms with E-state index in [1.807, 2.05) is 12.1 Å². The molecule has 0 aromatic carbocycles. The molecule has 0 aliphatic rings. The second kappa shape index (κ2) is 7.10. The zero-order valence-electron chi connectivity index (χ0n) is 13.0. The van der Waals surface area contributed by atoms with Crippen LogP contribution in [0.3, 0.4) is 0 Å². The van der Waals surface area contributed by atoms with E-state index < -0.39 is 0 Å². The number of aliphatic imine (C=N–C) groups is 1. The maximum absolute atomic E-state index is 5.27. The molecule has 0 amide bonds. The van der Waals surface area contributed by atoms with Crippen LogP contribution < -0.4 is 10.6 Å². The molecular formula is C15H18N6OS. The fourth-order valence-electron chi connectivity index (χ4n) is 2.03. The summed E-state index contributed by atoms with van der Waals surface area (Å²) in [6.45, 7) is 3.34. The topological polar surface area (TPSA) is 91.1 Å². The third-order valence-corrected chi connectivity index (χ3v) is 4.15. The molecule has 0 aliphatic carbocycles. The van der Waals surface area contributed by atoms with Gasteiger partial charge in [-0.15, -0.1) is 16.4 Å². The fourth-order valence-corrected chi connectivity index (χ4v) is 2.86. The summed E-state index contributed by atoms with van der Waals surface area (Å²) in [5.74, 6) is 2.62. The Hall–Kier alpha value is -2.61. The van der Waals surface area contributed by atoms with Crippen molar-refractivity contribution in [1.82, 2.24) is 25.8 Å². The van der Waals surface area contributed by atoms with E-state index in [0.717, 1.165) is 6.54 Å². The van der Waals surface area contributed by atoms with Crippen LogP contribution in [0.25, 0.3) is 11.6 Å². The van der Waals surface area contributed by atoms with Gasteiger partial charge in [-0.3, -0.25) is 10.1 Å².